The van der Waals surface area contributed by atoms with Gasteiger partial charge in [0.2, 0.25) is 5.91 Å². The lowest BCUT2D eigenvalue weighted by Crippen LogP contribution is -2.42. The van der Waals surface area contributed by atoms with Crippen LogP contribution in [0.25, 0.3) is 0 Å². The monoisotopic (exact) mass is 514 g/mol. The van der Waals surface area contributed by atoms with Crippen molar-refractivity contribution in [3.05, 3.63) is 71.8 Å². The maximum atomic E-state index is 12.7. The Morgan fingerprint density at radius 2 is 1.63 bits per heavy atom. The van der Waals surface area contributed by atoms with Gasteiger partial charge in [0.05, 0.1) is 6.61 Å². The second-order valence-corrected chi connectivity index (χ2v) is 12.7. The highest BCUT2D eigenvalue weighted by Crippen LogP contribution is 2.51. The Balaban J connectivity index is 2.23. The highest BCUT2D eigenvalue weighted by atomic mass is 32.2. The van der Waals surface area contributed by atoms with Gasteiger partial charge in [-0.15, -0.1) is 0 Å². The van der Waals surface area contributed by atoms with Crippen molar-refractivity contribution in [2.75, 3.05) is 19.0 Å². The third-order valence-electron chi connectivity index (χ3n) is 5.72. The van der Waals surface area contributed by atoms with Gasteiger partial charge in [0, 0.05) is 22.6 Å². The number of nitrogens with one attached hydrogen (secondary N) is 1. The molecule has 0 aliphatic rings. The van der Waals surface area contributed by atoms with E-state index in [0.717, 1.165) is 27.1 Å². The minimum absolute atomic E-state index is 0.138. The number of esters is 1. The summed E-state index contributed by atoms with van der Waals surface area (Å²) in [6, 6.07) is 20.6. The highest BCUT2D eigenvalue weighted by Gasteiger charge is 2.46. The van der Waals surface area contributed by atoms with Gasteiger partial charge in [-0.1, -0.05) is 81.4 Å². The van der Waals surface area contributed by atoms with E-state index in [1.54, 1.807) is 6.92 Å². The first-order chi connectivity index (χ1) is 16.8. The number of nitrogens with zero attached hydrogens (tertiary/aromatic N) is 1. The number of rotatable bonds is 14. The second-order valence-electron chi connectivity index (χ2n) is 9.12. The first kappa shape index (κ1) is 28.8. The first-order valence-electron chi connectivity index (χ1n) is 12.1. The van der Waals surface area contributed by atoms with Gasteiger partial charge in [-0.2, -0.15) is 0 Å². The van der Waals surface area contributed by atoms with Crippen molar-refractivity contribution in [1.82, 2.24) is 5.32 Å². The predicted octanol–water partition coefficient (Wildman–Crippen LogP) is 4.28. The van der Waals surface area contributed by atoms with Crippen molar-refractivity contribution < 1.29 is 19.1 Å². The van der Waals surface area contributed by atoms with Crippen LogP contribution in [0.3, 0.4) is 0 Å². The van der Waals surface area contributed by atoms with Crippen LogP contribution >= 0.6 is 11.9 Å². The van der Waals surface area contributed by atoms with Crippen molar-refractivity contribution in [3.63, 3.8) is 0 Å². The quantitative estimate of drug-likeness (QED) is 0.0774. The van der Waals surface area contributed by atoms with Crippen molar-refractivity contribution in [3.8, 4) is 0 Å². The molecule has 0 spiro atoms. The molecule has 0 radical (unpaired) electrons. The van der Waals surface area contributed by atoms with E-state index in [4.69, 9.17) is 9.47 Å². The van der Waals surface area contributed by atoms with Crippen LogP contribution in [0.4, 0.5) is 0 Å². The molecule has 0 fully saturated rings. The number of benzene rings is 2. The Kier molecular flexibility index (Phi) is 11.7. The molecule has 1 unspecified atom stereocenters. The first-order valence-corrected chi connectivity index (χ1v) is 14.1. The van der Waals surface area contributed by atoms with E-state index in [9.17, 15) is 9.59 Å². The van der Waals surface area contributed by atoms with Gasteiger partial charge >= 0.3 is 5.97 Å². The molecule has 0 aliphatic heterocycles. The van der Waals surface area contributed by atoms with E-state index in [-0.39, 0.29) is 11.6 Å². The second kappa shape index (κ2) is 14.2. The average molecular weight is 515 g/mol. The molecule has 1 atom stereocenters. The summed E-state index contributed by atoms with van der Waals surface area (Å²) in [7, 11) is 0.886. The Bertz CT molecular complexity index is 909. The molecule has 1 amide bonds. The maximum Gasteiger partial charge on any atom is 0.318 e. The predicted molar refractivity (Wildman–Crippen MR) is 148 cm³/mol. The molecular formula is C27H38N2O4SSi. The molecule has 8 heteroatoms. The molecule has 190 valence electrons. The van der Waals surface area contributed by atoms with Crippen LogP contribution in [-0.4, -0.2) is 47.4 Å². The van der Waals surface area contributed by atoms with Gasteiger partial charge in [0.15, 0.2) is 0 Å². The summed E-state index contributed by atoms with van der Waals surface area (Å²) in [6.07, 6.45) is 2.18. The Labute approximate surface area is 216 Å². The fourth-order valence-electron chi connectivity index (χ4n) is 4.18. The molecule has 2 aromatic carbocycles. The molecule has 6 nitrogen and oxygen atoms in total. The third-order valence-corrected chi connectivity index (χ3v) is 6.94. The molecule has 0 saturated heterocycles. The SMILES string of the molecule is CCOC(=O)C(CCCOC(c1ccccc1)(c1ccccc1)C(C)(C)[SiH3])C(=O)NC=NSCC. The molecule has 2 aromatic rings. The van der Waals surface area contributed by atoms with Crippen molar-refractivity contribution >= 4 is 40.4 Å². The molecule has 0 saturated carbocycles. The van der Waals surface area contributed by atoms with Gasteiger partial charge in [-0.3, -0.25) is 9.59 Å². The Morgan fingerprint density at radius 1 is 1.06 bits per heavy atom. The Hall–Kier alpha value is -2.42. The van der Waals surface area contributed by atoms with Crippen LogP contribution in [0.15, 0.2) is 65.1 Å². The molecular weight excluding hydrogens is 476 g/mol. The molecule has 0 bridgehead atoms. The van der Waals surface area contributed by atoms with Crippen LogP contribution < -0.4 is 5.32 Å². The summed E-state index contributed by atoms with van der Waals surface area (Å²) in [5.41, 5.74) is 1.54. The van der Waals surface area contributed by atoms with E-state index in [1.165, 1.54) is 18.3 Å². The van der Waals surface area contributed by atoms with Gasteiger partial charge in [0.1, 0.15) is 17.9 Å². The standard InChI is InChI=1S/C27H38N2O4SSi/c1-5-32-25(31)23(24(30)28-20-29-34-6-2)18-13-19-33-27(26(3,4)35,21-14-9-7-10-15-21)22-16-11-8-12-17-22/h7-12,14-17,20,23H,5-6,13,18-19H2,1-4,35H3,(H,28,29,30). The lowest BCUT2D eigenvalue weighted by atomic mass is 9.76. The summed E-state index contributed by atoms with van der Waals surface area (Å²) >= 11 is 1.32. The van der Waals surface area contributed by atoms with Crippen molar-refractivity contribution in [2.45, 2.75) is 51.2 Å². The van der Waals surface area contributed by atoms with E-state index in [0.29, 0.717) is 19.4 Å². The minimum Gasteiger partial charge on any atom is -0.465 e. The van der Waals surface area contributed by atoms with Gasteiger partial charge in [-0.25, -0.2) is 4.40 Å². The lowest BCUT2D eigenvalue weighted by Gasteiger charge is -2.46. The molecule has 35 heavy (non-hydrogen) atoms. The minimum atomic E-state index is -0.913. The van der Waals surface area contributed by atoms with Crippen LogP contribution in [0.1, 0.15) is 51.7 Å². The molecule has 0 aliphatic carbocycles. The van der Waals surface area contributed by atoms with Crippen LogP contribution in [0.2, 0.25) is 5.04 Å². The number of carbonyl (C=O) groups is 2. The zero-order valence-corrected chi connectivity index (χ0v) is 24.3. The average Bonchev–Trinajstić information content (AvgIpc) is 2.84. The van der Waals surface area contributed by atoms with E-state index >= 15 is 0 Å². The van der Waals surface area contributed by atoms with Gasteiger partial charge in [-0.05, 0) is 47.9 Å². The van der Waals surface area contributed by atoms with Crippen LogP contribution in [-0.2, 0) is 24.7 Å². The fraction of sp³-hybridized carbons (Fsp3) is 0.444. The number of amides is 1. The molecule has 0 aromatic heterocycles. The zero-order valence-electron chi connectivity index (χ0n) is 21.5. The molecule has 1 N–H and O–H groups in total. The normalized spacial score (nSPS) is 13.0. The lowest BCUT2D eigenvalue weighted by molar-refractivity contribution is -0.152. The fourth-order valence-corrected chi connectivity index (χ4v) is 5.17. The third kappa shape index (κ3) is 7.78. The van der Waals surface area contributed by atoms with E-state index < -0.39 is 23.4 Å². The summed E-state index contributed by atoms with van der Waals surface area (Å²) in [5.74, 6) is -1.05. The maximum absolute atomic E-state index is 12.7. The summed E-state index contributed by atoms with van der Waals surface area (Å²) < 4.78 is 16.0. The Morgan fingerprint density at radius 3 is 2.11 bits per heavy atom. The highest BCUT2D eigenvalue weighted by molar-refractivity contribution is 7.98. The van der Waals surface area contributed by atoms with Gasteiger partial charge < -0.3 is 14.8 Å². The van der Waals surface area contributed by atoms with E-state index in [2.05, 4.69) is 47.8 Å². The smallest absolute Gasteiger partial charge is 0.318 e. The topological polar surface area (TPSA) is 77.0 Å². The van der Waals surface area contributed by atoms with Crippen molar-refractivity contribution in [1.29, 1.82) is 0 Å². The summed E-state index contributed by atoms with van der Waals surface area (Å²) in [5, 5.41) is 2.46. The number of hydrogen-bond acceptors (Lipinski definition) is 6. The van der Waals surface area contributed by atoms with Gasteiger partial charge in [0.25, 0.3) is 0 Å². The van der Waals surface area contributed by atoms with Crippen molar-refractivity contribution in [2.24, 2.45) is 10.3 Å². The molecule has 2 rings (SSSR count). The van der Waals surface area contributed by atoms with Crippen LogP contribution in [0, 0.1) is 5.92 Å². The summed E-state index contributed by atoms with van der Waals surface area (Å²) in [4.78, 5) is 25.2. The van der Waals surface area contributed by atoms with Crippen LogP contribution in [0.5, 0.6) is 0 Å². The zero-order chi connectivity index (χ0) is 25.7. The largest absolute Gasteiger partial charge is 0.465 e. The van der Waals surface area contributed by atoms with E-state index in [1.807, 2.05) is 43.3 Å². The number of carbonyl (C=O) groups excluding carboxylic acids is 2. The summed E-state index contributed by atoms with van der Waals surface area (Å²) in [6.45, 7) is 8.76. The molecule has 0 heterocycles. The number of ether oxygens (including phenoxy) is 2. The number of hydrogen-bond donors (Lipinski definition) is 1.